The van der Waals surface area contributed by atoms with Gasteiger partial charge in [-0.2, -0.15) is 0 Å². The molecule has 92 valence electrons. The summed E-state index contributed by atoms with van der Waals surface area (Å²) in [6.45, 7) is 0. The molecule has 4 heteroatoms. The van der Waals surface area contributed by atoms with E-state index in [0.717, 1.165) is 30.2 Å². The summed E-state index contributed by atoms with van der Waals surface area (Å²) in [7, 11) is 0. The Morgan fingerprint density at radius 2 is 1.82 bits per heavy atom. The molecule has 17 heavy (non-hydrogen) atoms. The third-order valence-electron chi connectivity index (χ3n) is 4.23. The molecule has 2 fully saturated rings. The van der Waals surface area contributed by atoms with Crippen LogP contribution in [-0.4, -0.2) is 0 Å². The number of hydrazine groups is 1. The highest BCUT2D eigenvalue weighted by atomic mass is 19.2. The molecule has 0 saturated heterocycles. The van der Waals surface area contributed by atoms with Crippen molar-refractivity contribution < 1.29 is 8.78 Å². The summed E-state index contributed by atoms with van der Waals surface area (Å²) in [5, 5.41) is 0. The number of benzene rings is 1. The predicted octanol–water partition coefficient (Wildman–Crippen LogP) is 2.52. The largest absolute Gasteiger partial charge is 0.271 e. The summed E-state index contributed by atoms with van der Waals surface area (Å²) in [6, 6.07) is 3.99. The maximum absolute atomic E-state index is 13.2. The Morgan fingerprint density at radius 1 is 1.12 bits per heavy atom. The second-order valence-corrected chi connectivity index (χ2v) is 5.31. The molecule has 0 bridgehead atoms. The maximum atomic E-state index is 13.2. The summed E-state index contributed by atoms with van der Waals surface area (Å²) in [5.41, 5.74) is 3.51. The van der Waals surface area contributed by atoms with E-state index in [9.17, 15) is 8.78 Å². The molecule has 0 aromatic heterocycles. The minimum absolute atomic E-state index is 0.0575. The van der Waals surface area contributed by atoms with Gasteiger partial charge in [-0.05, 0) is 54.7 Å². The van der Waals surface area contributed by atoms with E-state index in [1.54, 1.807) is 6.07 Å². The molecule has 0 amide bonds. The van der Waals surface area contributed by atoms with Gasteiger partial charge in [0.25, 0.3) is 0 Å². The third-order valence-corrected chi connectivity index (χ3v) is 4.23. The number of nitrogens with two attached hydrogens (primary N) is 1. The van der Waals surface area contributed by atoms with Crippen LogP contribution in [0.25, 0.3) is 0 Å². The van der Waals surface area contributed by atoms with E-state index in [1.165, 1.54) is 18.6 Å². The molecule has 3 N–H and O–H groups in total. The van der Waals surface area contributed by atoms with Crippen LogP contribution in [0.15, 0.2) is 18.2 Å². The van der Waals surface area contributed by atoms with E-state index >= 15 is 0 Å². The summed E-state index contributed by atoms with van der Waals surface area (Å²) < 4.78 is 26.1. The maximum Gasteiger partial charge on any atom is 0.159 e. The second-order valence-electron chi connectivity index (χ2n) is 5.31. The molecule has 3 atom stereocenters. The second kappa shape index (κ2) is 4.03. The number of rotatable bonds is 3. The minimum atomic E-state index is -0.807. The molecule has 1 aromatic rings. The summed E-state index contributed by atoms with van der Waals surface area (Å²) in [6.07, 6.45) is 3.64. The Balaban J connectivity index is 1.81. The number of hydrogen-bond donors (Lipinski definition) is 2. The van der Waals surface area contributed by atoms with Crippen molar-refractivity contribution in [3.8, 4) is 0 Å². The van der Waals surface area contributed by atoms with Gasteiger partial charge in [-0.3, -0.25) is 11.3 Å². The van der Waals surface area contributed by atoms with E-state index in [0.29, 0.717) is 5.92 Å². The SMILES string of the molecule is NNC(c1ccc(F)c(F)c1)C1CC2CC2C1. The van der Waals surface area contributed by atoms with Crippen LogP contribution in [0.2, 0.25) is 0 Å². The van der Waals surface area contributed by atoms with Gasteiger partial charge in [0.2, 0.25) is 0 Å². The number of nitrogens with one attached hydrogen (secondary N) is 1. The van der Waals surface area contributed by atoms with Crippen LogP contribution in [0, 0.1) is 29.4 Å². The van der Waals surface area contributed by atoms with Crippen molar-refractivity contribution >= 4 is 0 Å². The zero-order valence-electron chi connectivity index (χ0n) is 9.50. The van der Waals surface area contributed by atoms with Crippen LogP contribution in [0.4, 0.5) is 8.78 Å². The molecule has 0 radical (unpaired) electrons. The van der Waals surface area contributed by atoms with Gasteiger partial charge in [0.1, 0.15) is 0 Å². The van der Waals surface area contributed by atoms with Crippen LogP contribution >= 0.6 is 0 Å². The zero-order valence-corrected chi connectivity index (χ0v) is 9.50. The fraction of sp³-hybridized carbons (Fsp3) is 0.538. The lowest BCUT2D eigenvalue weighted by atomic mass is 9.89. The van der Waals surface area contributed by atoms with Gasteiger partial charge in [-0.1, -0.05) is 6.07 Å². The van der Waals surface area contributed by atoms with Crippen LogP contribution in [-0.2, 0) is 0 Å². The highest BCUT2D eigenvalue weighted by Crippen LogP contribution is 2.57. The van der Waals surface area contributed by atoms with Gasteiger partial charge < -0.3 is 0 Å². The smallest absolute Gasteiger partial charge is 0.159 e. The quantitative estimate of drug-likeness (QED) is 0.627. The average molecular weight is 238 g/mol. The highest BCUT2D eigenvalue weighted by Gasteiger charge is 2.47. The lowest BCUT2D eigenvalue weighted by Crippen LogP contribution is -2.33. The Labute approximate surface area is 99.2 Å². The Hall–Kier alpha value is -1.00. The normalized spacial score (nSPS) is 32.3. The van der Waals surface area contributed by atoms with E-state index in [-0.39, 0.29) is 6.04 Å². The lowest BCUT2D eigenvalue weighted by molar-refractivity contribution is 0.344. The Morgan fingerprint density at radius 3 is 2.41 bits per heavy atom. The third kappa shape index (κ3) is 1.96. The zero-order chi connectivity index (χ0) is 12.0. The molecule has 0 aliphatic heterocycles. The summed E-state index contributed by atoms with van der Waals surface area (Å²) in [4.78, 5) is 0. The van der Waals surface area contributed by atoms with E-state index in [2.05, 4.69) is 5.43 Å². The van der Waals surface area contributed by atoms with Crippen molar-refractivity contribution in [2.24, 2.45) is 23.6 Å². The topological polar surface area (TPSA) is 38.0 Å². The monoisotopic (exact) mass is 238 g/mol. The summed E-state index contributed by atoms with van der Waals surface area (Å²) in [5.74, 6) is 6.11. The number of fused-ring (bicyclic) bond motifs is 1. The van der Waals surface area contributed by atoms with E-state index in [4.69, 9.17) is 5.84 Å². The minimum Gasteiger partial charge on any atom is -0.271 e. The van der Waals surface area contributed by atoms with Gasteiger partial charge in [0.15, 0.2) is 11.6 Å². The molecule has 1 aromatic carbocycles. The van der Waals surface area contributed by atoms with Gasteiger partial charge in [-0.25, -0.2) is 8.78 Å². The molecule has 3 rings (SSSR count). The Kier molecular flexibility index (Phi) is 2.64. The van der Waals surface area contributed by atoms with Crippen molar-refractivity contribution in [3.63, 3.8) is 0 Å². The highest BCUT2D eigenvalue weighted by molar-refractivity contribution is 5.23. The van der Waals surface area contributed by atoms with Crippen molar-refractivity contribution in [1.29, 1.82) is 0 Å². The first kappa shape index (κ1) is 11.1. The van der Waals surface area contributed by atoms with Crippen molar-refractivity contribution in [1.82, 2.24) is 5.43 Å². The predicted molar refractivity (Wildman–Crippen MR) is 60.7 cm³/mol. The molecule has 0 heterocycles. The average Bonchev–Trinajstić information content (AvgIpc) is 2.92. The Bertz CT molecular complexity index is 425. The molecule has 2 nitrogen and oxygen atoms in total. The van der Waals surface area contributed by atoms with Gasteiger partial charge in [0.05, 0.1) is 0 Å². The number of hydrogen-bond acceptors (Lipinski definition) is 2. The van der Waals surface area contributed by atoms with Crippen LogP contribution in [0.3, 0.4) is 0 Å². The molecule has 0 spiro atoms. The van der Waals surface area contributed by atoms with Crippen LogP contribution < -0.4 is 11.3 Å². The van der Waals surface area contributed by atoms with Crippen molar-refractivity contribution in [3.05, 3.63) is 35.4 Å². The van der Waals surface area contributed by atoms with Gasteiger partial charge >= 0.3 is 0 Å². The molecule has 2 aliphatic carbocycles. The first-order valence-corrected chi connectivity index (χ1v) is 6.10. The molecule has 3 unspecified atom stereocenters. The first-order valence-electron chi connectivity index (χ1n) is 6.10. The van der Waals surface area contributed by atoms with Crippen LogP contribution in [0.1, 0.15) is 30.9 Å². The molecule has 2 aliphatic rings. The molecule has 2 saturated carbocycles. The molecular formula is C13H16F2N2. The van der Waals surface area contributed by atoms with Crippen molar-refractivity contribution in [2.75, 3.05) is 0 Å². The van der Waals surface area contributed by atoms with E-state index < -0.39 is 11.6 Å². The van der Waals surface area contributed by atoms with Gasteiger partial charge in [-0.15, -0.1) is 0 Å². The molecular weight excluding hydrogens is 222 g/mol. The summed E-state index contributed by atoms with van der Waals surface area (Å²) >= 11 is 0. The van der Waals surface area contributed by atoms with Crippen molar-refractivity contribution in [2.45, 2.75) is 25.3 Å². The fourth-order valence-corrected chi connectivity index (χ4v) is 3.24. The van der Waals surface area contributed by atoms with Gasteiger partial charge in [0, 0.05) is 6.04 Å². The number of halogens is 2. The van der Waals surface area contributed by atoms with E-state index in [1.807, 2.05) is 0 Å². The standard InChI is InChI=1S/C13H16F2N2/c14-11-2-1-7(6-12(11)15)13(17-16)10-4-8-3-9(8)5-10/h1-2,6,8-10,13,17H,3-5,16H2. The van der Waals surface area contributed by atoms with Crippen LogP contribution in [0.5, 0.6) is 0 Å². The first-order chi connectivity index (χ1) is 8.19. The lowest BCUT2D eigenvalue weighted by Gasteiger charge is -2.24. The fourth-order valence-electron chi connectivity index (χ4n) is 3.24.